The van der Waals surface area contributed by atoms with Crippen LogP contribution in [0.3, 0.4) is 0 Å². The maximum Gasteiger partial charge on any atom is 0.320 e. The predicted octanol–water partition coefficient (Wildman–Crippen LogP) is 10.1. The summed E-state index contributed by atoms with van der Waals surface area (Å²) >= 11 is 0. The van der Waals surface area contributed by atoms with Gasteiger partial charge in [0.25, 0.3) is 17.7 Å². The average molecular weight is 1570 g/mol. The molecule has 0 atom stereocenters. The number of carbonyl (C=O) groups excluding carboxylic acids is 7. The number of nitrogens with zero attached hydrogens (tertiary/aromatic N) is 4. The molecule has 602 valence electrons. The third-order valence-electron chi connectivity index (χ3n) is 18.9. The standard InChI is InChI=1S/C92H100N10O14/c103-83(93-45-48-96-90(107)77-39-22-42-80(110-63-70-25-8-1-9-26-70)87(77)114-67-74-33-16-5-17-34-74)59-99-51-53-100(60-84(104)94-46-49-97-91(108)78-40-23-43-81(111-64-71-27-10-2-11-28-71)88(78)115-68-75-35-18-6-19-36-75)55-57-102(62-86(106)113-66-73-31-14-4-15-32-73)58-56-101(54-52-99)61-85(105)95-47-50-98-92(109)79-41-24-44-82(112-65-72-29-12-3-13-30-72)89(79)116-69-76-37-20-7-21-38-76/h1-44H,45-69H2,(H,93,103)(H,94,104)(H,95,105)(H,96,107)(H,97,108)(H,98,109). The minimum absolute atomic E-state index is 0.0641. The lowest BCUT2D eigenvalue weighted by Crippen LogP contribution is -2.51. The van der Waals surface area contributed by atoms with Crippen LogP contribution in [0, 0.1) is 0 Å². The second-order valence-electron chi connectivity index (χ2n) is 27.6. The first-order chi connectivity index (χ1) is 56.9. The van der Waals surface area contributed by atoms with E-state index in [9.17, 15) is 33.6 Å². The molecule has 24 nitrogen and oxygen atoms in total. The molecule has 1 fully saturated rings. The Balaban J connectivity index is 0.752. The van der Waals surface area contributed by atoms with Crippen LogP contribution >= 0.6 is 0 Å². The zero-order valence-corrected chi connectivity index (χ0v) is 65.1. The summed E-state index contributed by atoms with van der Waals surface area (Å²) in [6, 6.07) is 82.7. The van der Waals surface area contributed by atoms with E-state index in [4.69, 9.17) is 33.2 Å². The molecule has 6 N–H and O–H groups in total. The van der Waals surface area contributed by atoms with Gasteiger partial charge in [0.05, 0.1) is 42.9 Å². The van der Waals surface area contributed by atoms with E-state index in [0.717, 1.165) is 38.9 Å². The lowest BCUT2D eigenvalue weighted by Gasteiger charge is -2.33. The van der Waals surface area contributed by atoms with Crippen molar-refractivity contribution in [3.05, 3.63) is 323 Å². The number of para-hydroxylation sites is 3. The Bertz CT molecular complexity index is 4530. The summed E-state index contributed by atoms with van der Waals surface area (Å²) in [6.45, 7) is 3.77. The van der Waals surface area contributed by atoms with Crippen LogP contribution in [-0.2, 0) is 70.2 Å². The molecule has 0 bridgehead atoms. The summed E-state index contributed by atoms with van der Waals surface area (Å²) in [4.78, 5) is 106. The molecule has 0 saturated carbocycles. The molecular formula is C92H100N10O14. The van der Waals surface area contributed by atoms with Gasteiger partial charge in [0.1, 0.15) is 46.2 Å². The van der Waals surface area contributed by atoms with Gasteiger partial charge in [-0.05, 0) is 75.3 Å². The molecule has 0 unspecified atom stereocenters. The fourth-order valence-corrected chi connectivity index (χ4v) is 12.6. The van der Waals surface area contributed by atoms with E-state index in [1.165, 1.54) is 0 Å². The largest absolute Gasteiger partial charge is 0.485 e. The van der Waals surface area contributed by atoms with Gasteiger partial charge in [-0.2, -0.15) is 0 Å². The van der Waals surface area contributed by atoms with Crippen molar-refractivity contribution < 1.29 is 66.7 Å². The zero-order chi connectivity index (χ0) is 80.6. The van der Waals surface area contributed by atoms with Gasteiger partial charge in [-0.25, -0.2) is 0 Å². The maximum absolute atomic E-state index is 14.2. The summed E-state index contributed by atoms with van der Waals surface area (Å²) in [6.07, 6.45) is 0. The van der Waals surface area contributed by atoms with Crippen molar-refractivity contribution >= 4 is 41.4 Å². The summed E-state index contributed by atoms with van der Waals surface area (Å²) in [5.41, 5.74) is 7.10. The van der Waals surface area contributed by atoms with Gasteiger partial charge in [0.15, 0.2) is 34.5 Å². The molecule has 1 heterocycles. The van der Waals surface area contributed by atoms with Crippen molar-refractivity contribution in [2.75, 3.05) is 118 Å². The van der Waals surface area contributed by atoms with Gasteiger partial charge < -0.3 is 65.1 Å². The first-order valence-corrected chi connectivity index (χ1v) is 39.0. The van der Waals surface area contributed by atoms with Gasteiger partial charge in [0.2, 0.25) is 17.7 Å². The van der Waals surface area contributed by atoms with E-state index >= 15 is 0 Å². The van der Waals surface area contributed by atoms with Gasteiger partial charge in [-0.3, -0.25) is 53.2 Å². The van der Waals surface area contributed by atoms with Gasteiger partial charge in [0, 0.05) is 91.6 Å². The number of esters is 1. The van der Waals surface area contributed by atoms with Gasteiger partial charge in [-0.15, -0.1) is 0 Å². The van der Waals surface area contributed by atoms with E-state index in [2.05, 4.69) is 31.9 Å². The molecule has 24 heteroatoms. The van der Waals surface area contributed by atoms with Crippen molar-refractivity contribution in [2.24, 2.45) is 0 Å². The third-order valence-corrected chi connectivity index (χ3v) is 18.9. The van der Waals surface area contributed by atoms with Crippen LogP contribution in [0.15, 0.2) is 267 Å². The highest BCUT2D eigenvalue weighted by molar-refractivity contribution is 5.99. The Kier molecular flexibility index (Phi) is 33.6. The Morgan fingerprint density at radius 1 is 0.233 bits per heavy atom. The normalized spacial score (nSPS) is 12.9. The fourth-order valence-electron chi connectivity index (χ4n) is 12.6. The van der Waals surface area contributed by atoms with E-state index in [1.807, 2.05) is 232 Å². The van der Waals surface area contributed by atoms with Crippen molar-refractivity contribution in [2.45, 2.75) is 46.2 Å². The monoisotopic (exact) mass is 1570 g/mol. The van der Waals surface area contributed by atoms with Crippen LogP contribution in [-0.4, -0.2) is 179 Å². The highest BCUT2D eigenvalue weighted by atomic mass is 16.5. The van der Waals surface area contributed by atoms with Gasteiger partial charge in [-0.1, -0.05) is 231 Å². The van der Waals surface area contributed by atoms with E-state index < -0.39 is 23.7 Å². The molecule has 1 aliphatic rings. The first-order valence-electron chi connectivity index (χ1n) is 39.0. The molecule has 6 amide bonds. The number of benzene rings is 10. The van der Waals surface area contributed by atoms with Crippen molar-refractivity contribution in [1.29, 1.82) is 0 Å². The number of hydrogen-bond acceptors (Lipinski definition) is 18. The molecule has 0 radical (unpaired) electrons. The topological polar surface area (TPSA) is 269 Å². The number of ether oxygens (including phenoxy) is 7. The first kappa shape index (κ1) is 84.0. The SMILES string of the molecule is O=C(CN1CCN(CC(=O)NCCNC(=O)c2cccc(OCc3ccccc3)c2OCc2ccccc2)CCN(CC(=O)OCc2ccccc2)CCN(CC(=O)NCCNC(=O)c2cccc(OCc3ccccc3)c2OCc2ccccc2)CC1)NCCNC(=O)c1cccc(OCc2ccccc2)c1OCc1ccccc1. The molecule has 10 aromatic carbocycles. The molecule has 0 aliphatic carbocycles. The average Bonchev–Trinajstić information content (AvgIpc) is 0.823. The second kappa shape index (κ2) is 46.3. The maximum atomic E-state index is 14.2. The lowest BCUT2D eigenvalue weighted by molar-refractivity contribution is -0.146. The van der Waals surface area contributed by atoms with Crippen LogP contribution in [0.5, 0.6) is 34.5 Å². The molecule has 10 aromatic rings. The van der Waals surface area contributed by atoms with Gasteiger partial charge >= 0.3 is 5.97 Å². The third kappa shape index (κ3) is 28.3. The van der Waals surface area contributed by atoms with Crippen molar-refractivity contribution in [3.63, 3.8) is 0 Å². The summed E-state index contributed by atoms with van der Waals surface area (Å²) < 4.78 is 43.5. The Morgan fingerprint density at radius 2 is 0.448 bits per heavy atom. The summed E-state index contributed by atoms with van der Waals surface area (Å²) in [5.74, 6) is -0.744. The van der Waals surface area contributed by atoms with Crippen LogP contribution in [0.1, 0.15) is 70.0 Å². The summed E-state index contributed by atoms with van der Waals surface area (Å²) in [7, 11) is 0. The van der Waals surface area contributed by atoms with Crippen LogP contribution in [0.4, 0.5) is 0 Å². The zero-order valence-electron chi connectivity index (χ0n) is 65.1. The van der Waals surface area contributed by atoms with Crippen LogP contribution < -0.4 is 60.3 Å². The minimum Gasteiger partial charge on any atom is -0.485 e. The number of rotatable bonds is 40. The van der Waals surface area contributed by atoms with Crippen molar-refractivity contribution in [1.82, 2.24) is 51.5 Å². The number of carbonyl (C=O) groups is 7. The van der Waals surface area contributed by atoms with E-state index in [0.29, 0.717) is 43.4 Å². The van der Waals surface area contributed by atoms with Crippen LogP contribution in [0.25, 0.3) is 0 Å². The Hall–Kier alpha value is -12.9. The molecule has 0 spiro atoms. The molecule has 1 aliphatic heterocycles. The quantitative estimate of drug-likeness (QED) is 0.0154. The van der Waals surface area contributed by atoms with Crippen LogP contribution in [0.2, 0.25) is 0 Å². The smallest absolute Gasteiger partial charge is 0.320 e. The Morgan fingerprint density at radius 3 is 0.698 bits per heavy atom. The highest BCUT2D eigenvalue weighted by Gasteiger charge is 2.26. The molecular weight excluding hydrogens is 1470 g/mol. The predicted molar refractivity (Wildman–Crippen MR) is 442 cm³/mol. The number of amides is 6. The summed E-state index contributed by atoms with van der Waals surface area (Å²) in [5, 5.41) is 17.8. The fraction of sp³-hybridized carbons (Fsp3) is 0.272. The molecule has 116 heavy (non-hydrogen) atoms. The van der Waals surface area contributed by atoms with Crippen molar-refractivity contribution in [3.8, 4) is 34.5 Å². The van der Waals surface area contributed by atoms with E-state index in [1.54, 1.807) is 54.6 Å². The Labute approximate surface area is 677 Å². The second-order valence-corrected chi connectivity index (χ2v) is 27.6. The molecule has 0 aromatic heterocycles. The highest BCUT2D eigenvalue weighted by Crippen LogP contribution is 2.36. The number of hydrogen-bond donors (Lipinski definition) is 6. The molecule has 1 saturated heterocycles. The lowest BCUT2D eigenvalue weighted by atomic mass is 10.1. The number of nitrogens with one attached hydrogen (secondary N) is 6. The van der Waals surface area contributed by atoms with E-state index in [-0.39, 0.29) is 190 Å². The molecule has 11 rings (SSSR count). The minimum atomic E-state index is -0.464.